The van der Waals surface area contributed by atoms with Crippen LogP contribution in [0.25, 0.3) is 0 Å². The monoisotopic (exact) mass is 236 g/mol. The fourth-order valence-electron chi connectivity index (χ4n) is 1.81. The van der Waals surface area contributed by atoms with Crippen molar-refractivity contribution in [3.8, 4) is 0 Å². The quantitative estimate of drug-likeness (QED) is 0.336. The second-order valence-electron chi connectivity index (χ2n) is 3.84. The molecule has 0 spiro atoms. The molecule has 1 aromatic heterocycles. The van der Waals surface area contributed by atoms with Crippen molar-refractivity contribution in [2.45, 2.75) is 6.42 Å². The zero-order valence-electron chi connectivity index (χ0n) is 9.54. The number of ether oxygens (including phenoxy) is 1. The predicted molar refractivity (Wildman–Crippen MR) is 64.4 cm³/mol. The van der Waals surface area contributed by atoms with Crippen LogP contribution in [0, 0.1) is 0 Å². The number of aromatic nitrogens is 1. The van der Waals surface area contributed by atoms with Gasteiger partial charge >= 0.3 is 0 Å². The standard InChI is InChI=1S/C11H16N4O2/c12-11(14-16)10-8-9(2-3-13-10)15-4-1-6-17-7-5-15/h2-3,8,16H,1,4-7H2,(H2,12,14). The summed E-state index contributed by atoms with van der Waals surface area (Å²) in [7, 11) is 0. The zero-order valence-corrected chi connectivity index (χ0v) is 9.54. The summed E-state index contributed by atoms with van der Waals surface area (Å²) in [5, 5.41) is 11.6. The molecular weight excluding hydrogens is 220 g/mol. The van der Waals surface area contributed by atoms with Crippen molar-refractivity contribution in [3.05, 3.63) is 24.0 Å². The van der Waals surface area contributed by atoms with Gasteiger partial charge in [0.05, 0.1) is 6.61 Å². The highest BCUT2D eigenvalue weighted by atomic mass is 16.5. The van der Waals surface area contributed by atoms with Crippen molar-refractivity contribution in [1.82, 2.24) is 4.98 Å². The smallest absolute Gasteiger partial charge is 0.188 e. The second-order valence-corrected chi connectivity index (χ2v) is 3.84. The van der Waals surface area contributed by atoms with Crippen LogP contribution in [-0.4, -0.2) is 42.3 Å². The van der Waals surface area contributed by atoms with Crippen molar-refractivity contribution in [3.63, 3.8) is 0 Å². The molecule has 0 aliphatic carbocycles. The summed E-state index contributed by atoms with van der Waals surface area (Å²) in [6.07, 6.45) is 2.66. The maximum Gasteiger partial charge on any atom is 0.188 e. The molecule has 0 saturated carbocycles. The lowest BCUT2D eigenvalue weighted by Crippen LogP contribution is -2.26. The molecular formula is C11H16N4O2. The molecule has 0 unspecified atom stereocenters. The van der Waals surface area contributed by atoms with Crippen molar-refractivity contribution in [1.29, 1.82) is 0 Å². The molecule has 1 fully saturated rings. The van der Waals surface area contributed by atoms with Crippen LogP contribution in [-0.2, 0) is 4.74 Å². The van der Waals surface area contributed by atoms with Gasteiger partial charge in [0.25, 0.3) is 0 Å². The number of amidine groups is 1. The molecule has 6 nitrogen and oxygen atoms in total. The summed E-state index contributed by atoms with van der Waals surface area (Å²) in [4.78, 5) is 6.27. The average molecular weight is 236 g/mol. The summed E-state index contributed by atoms with van der Waals surface area (Å²) in [5.74, 6) is 0.0259. The topological polar surface area (TPSA) is 84.0 Å². The molecule has 0 atom stereocenters. The Labute approximate surface area is 99.7 Å². The third-order valence-electron chi connectivity index (χ3n) is 2.70. The molecule has 2 rings (SSSR count). The largest absolute Gasteiger partial charge is 0.409 e. The van der Waals surface area contributed by atoms with Gasteiger partial charge in [0.1, 0.15) is 5.69 Å². The molecule has 0 amide bonds. The number of nitrogens with zero attached hydrogens (tertiary/aromatic N) is 3. The first-order chi connectivity index (χ1) is 8.31. The summed E-state index contributed by atoms with van der Waals surface area (Å²) >= 11 is 0. The molecule has 0 bridgehead atoms. The minimum Gasteiger partial charge on any atom is -0.409 e. The van der Waals surface area contributed by atoms with E-state index in [1.165, 1.54) is 0 Å². The first-order valence-corrected chi connectivity index (χ1v) is 5.58. The van der Waals surface area contributed by atoms with Crippen LogP contribution >= 0.6 is 0 Å². The van der Waals surface area contributed by atoms with Gasteiger partial charge in [0, 0.05) is 31.6 Å². The summed E-state index contributed by atoms with van der Waals surface area (Å²) in [6, 6.07) is 3.74. The van der Waals surface area contributed by atoms with E-state index in [1.54, 1.807) is 6.20 Å². The highest BCUT2D eigenvalue weighted by Gasteiger charge is 2.11. The maximum atomic E-state index is 8.62. The predicted octanol–water partition coefficient (Wildman–Crippen LogP) is 0.403. The van der Waals surface area contributed by atoms with Crippen LogP contribution in [0.15, 0.2) is 23.5 Å². The van der Waals surface area contributed by atoms with Gasteiger partial charge in [-0.2, -0.15) is 0 Å². The number of anilines is 1. The van der Waals surface area contributed by atoms with E-state index in [4.69, 9.17) is 15.7 Å². The summed E-state index contributed by atoms with van der Waals surface area (Å²) < 4.78 is 5.40. The van der Waals surface area contributed by atoms with Crippen molar-refractivity contribution in [2.24, 2.45) is 10.9 Å². The lowest BCUT2D eigenvalue weighted by Gasteiger charge is -2.22. The third-order valence-corrected chi connectivity index (χ3v) is 2.70. The normalized spacial score (nSPS) is 17.9. The fourth-order valence-corrected chi connectivity index (χ4v) is 1.81. The zero-order chi connectivity index (χ0) is 12.1. The molecule has 1 aliphatic heterocycles. The number of nitrogens with two attached hydrogens (primary N) is 1. The van der Waals surface area contributed by atoms with E-state index >= 15 is 0 Å². The Morgan fingerprint density at radius 2 is 2.35 bits per heavy atom. The number of pyridine rings is 1. The van der Waals surface area contributed by atoms with Crippen molar-refractivity contribution >= 4 is 11.5 Å². The Bertz CT molecular complexity index is 400. The van der Waals surface area contributed by atoms with Gasteiger partial charge < -0.3 is 20.6 Å². The SMILES string of the molecule is NC(=NO)c1cc(N2CCCOCC2)ccn1. The minimum absolute atomic E-state index is 0.0259. The Morgan fingerprint density at radius 3 is 3.18 bits per heavy atom. The van der Waals surface area contributed by atoms with E-state index in [0.717, 1.165) is 38.4 Å². The van der Waals surface area contributed by atoms with E-state index in [0.29, 0.717) is 5.69 Å². The van der Waals surface area contributed by atoms with Crippen molar-refractivity contribution < 1.29 is 9.94 Å². The third kappa shape index (κ3) is 2.85. The molecule has 0 radical (unpaired) electrons. The van der Waals surface area contributed by atoms with Gasteiger partial charge in [-0.1, -0.05) is 5.16 Å². The van der Waals surface area contributed by atoms with E-state index in [2.05, 4.69) is 15.0 Å². The van der Waals surface area contributed by atoms with E-state index in [9.17, 15) is 0 Å². The van der Waals surface area contributed by atoms with Gasteiger partial charge in [-0.3, -0.25) is 4.98 Å². The van der Waals surface area contributed by atoms with Gasteiger partial charge in [-0.05, 0) is 18.6 Å². The molecule has 2 heterocycles. The average Bonchev–Trinajstić information content (AvgIpc) is 2.67. The second kappa shape index (κ2) is 5.49. The Balaban J connectivity index is 2.19. The Kier molecular flexibility index (Phi) is 3.77. The van der Waals surface area contributed by atoms with E-state index in [-0.39, 0.29) is 5.84 Å². The van der Waals surface area contributed by atoms with Gasteiger partial charge in [-0.25, -0.2) is 0 Å². The van der Waals surface area contributed by atoms with Crippen LogP contribution < -0.4 is 10.6 Å². The highest BCUT2D eigenvalue weighted by molar-refractivity contribution is 5.95. The van der Waals surface area contributed by atoms with Crippen LogP contribution in [0.2, 0.25) is 0 Å². The van der Waals surface area contributed by atoms with Crippen LogP contribution in [0.1, 0.15) is 12.1 Å². The molecule has 1 saturated heterocycles. The number of oxime groups is 1. The lowest BCUT2D eigenvalue weighted by molar-refractivity contribution is 0.152. The molecule has 6 heteroatoms. The van der Waals surface area contributed by atoms with Crippen molar-refractivity contribution in [2.75, 3.05) is 31.2 Å². The number of rotatable bonds is 2. The lowest BCUT2D eigenvalue weighted by atomic mass is 10.2. The van der Waals surface area contributed by atoms with Gasteiger partial charge in [0.15, 0.2) is 5.84 Å². The minimum atomic E-state index is 0.0259. The molecule has 3 N–H and O–H groups in total. The molecule has 1 aliphatic rings. The fraction of sp³-hybridized carbons (Fsp3) is 0.455. The first kappa shape index (κ1) is 11.7. The molecule has 92 valence electrons. The van der Waals surface area contributed by atoms with Crippen LogP contribution in [0.5, 0.6) is 0 Å². The van der Waals surface area contributed by atoms with Crippen LogP contribution in [0.3, 0.4) is 0 Å². The van der Waals surface area contributed by atoms with E-state index < -0.39 is 0 Å². The van der Waals surface area contributed by atoms with Gasteiger partial charge in [-0.15, -0.1) is 0 Å². The Hall–Kier alpha value is -1.82. The highest BCUT2D eigenvalue weighted by Crippen LogP contribution is 2.16. The molecule has 17 heavy (non-hydrogen) atoms. The first-order valence-electron chi connectivity index (χ1n) is 5.58. The Morgan fingerprint density at radius 1 is 1.47 bits per heavy atom. The summed E-state index contributed by atoms with van der Waals surface area (Å²) in [6.45, 7) is 3.31. The molecule has 1 aromatic rings. The van der Waals surface area contributed by atoms with Crippen LogP contribution in [0.4, 0.5) is 5.69 Å². The summed E-state index contributed by atoms with van der Waals surface area (Å²) in [5.41, 5.74) is 7.02. The number of hydrogen-bond acceptors (Lipinski definition) is 5. The number of hydrogen-bond donors (Lipinski definition) is 2. The maximum absolute atomic E-state index is 8.62. The molecule has 0 aromatic carbocycles. The van der Waals surface area contributed by atoms with E-state index in [1.807, 2.05) is 12.1 Å². The van der Waals surface area contributed by atoms with Gasteiger partial charge in [0.2, 0.25) is 0 Å².